The van der Waals surface area contributed by atoms with E-state index < -0.39 is 28.5 Å². The van der Waals surface area contributed by atoms with Crippen molar-refractivity contribution in [2.24, 2.45) is 0 Å². The summed E-state index contributed by atoms with van der Waals surface area (Å²) in [7, 11) is -4.21. The molecule has 0 saturated carbocycles. The number of nitrogens with zero attached hydrogens (tertiary/aromatic N) is 2. The van der Waals surface area contributed by atoms with Gasteiger partial charge in [-0.25, -0.2) is 8.42 Å². The van der Waals surface area contributed by atoms with Crippen molar-refractivity contribution in [3.63, 3.8) is 0 Å². The molecule has 7 nitrogen and oxygen atoms in total. The number of hydrogen-bond acceptors (Lipinski definition) is 4. The standard InChI is InChI=1S/C35H37Cl2N3O4S/c1-4-26(3)38-35(42)33(21-27-12-7-5-8-13-27)39(23-28-14-11-15-29(36)20-28)34(41)24-40(30-19-18-25(2)32(37)22-30)45(43,44)31-16-9-6-10-17-31/h5-20,22,26,33H,4,21,23-24H2,1-3H3,(H,38,42)/t26-,33-/m0/s1. The third-order valence-electron chi connectivity index (χ3n) is 7.57. The van der Waals surface area contributed by atoms with Crippen LogP contribution in [0.1, 0.15) is 37.0 Å². The molecule has 0 aliphatic rings. The normalized spacial score (nSPS) is 12.6. The van der Waals surface area contributed by atoms with E-state index in [0.717, 1.165) is 15.4 Å². The number of sulfonamides is 1. The summed E-state index contributed by atoms with van der Waals surface area (Å²) in [5.74, 6) is -0.897. The highest BCUT2D eigenvalue weighted by molar-refractivity contribution is 7.92. The third kappa shape index (κ3) is 8.87. The fourth-order valence-electron chi connectivity index (χ4n) is 4.81. The number of halogens is 2. The first kappa shape index (κ1) is 34.0. The van der Waals surface area contributed by atoms with E-state index >= 15 is 0 Å². The average Bonchev–Trinajstić information content (AvgIpc) is 3.03. The van der Waals surface area contributed by atoms with Crippen molar-refractivity contribution in [3.8, 4) is 0 Å². The highest BCUT2D eigenvalue weighted by Gasteiger charge is 2.35. The van der Waals surface area contributed by atoms with Crippen LogP contribution in [0.3, 0.4) is 0 Å². The molecule has 0 aromatic heterocycles. The zero-order chi connectivity index (χ0) is 32.6. The number of rotatable bonds is 13. The van der Waals surface area contributed by atoms with Gasteiger partial charge in [0.2, 0.25) is 11.8 Å². The molecule has 0 bridgehead atoms. The second-order valence-electron chi connectivity index (χ2n) is 10.9. The van der Waals surface area contributed by atoms with Gasteiger partial charge in [0.25, 0.3) is 10.0 Å². The number of benzene rings is 4. The Hall–Kier alpha value is -3.85. The zero-order valence-corrected chi connectivity index (χ0v) is 27.8. The van der Waals surface area contributed by atoms with E-state index in [4.69, 9.17) is 23.2 Å². The van der Waals surface area contributed by atoms with Crippen LogP contribution in [-0.4, -0.2) is 43.8 Å². The molecule has 2 amide bonds. The van der Waals surface area contributed by atoms with Crippen LogP contribution in [0.15, 0.2) is 108 Å². The summed E-state index contributed by atoms with van der Waals surface area (Å²) in [6.07, 6.45) is 0.917. The first-order valence-electron chi connectivity index (χ1n) is 14.7. The van der Waals surface area contributed by atoms with E-state index in [0.29, 0.717) is 22.0 Å². The molecule has 0 unspecified atom stereocenters. The number of carbonyl (C=O) groups is 2. The molecule has 1 N–H and O–H groups in total. The van der Waals surface area contributed by atoms with Gasteiger partial charge in [0.15, 0.2) is 0 Å². The molecule has 4 rings (SSSR count). The van der Waals surface area contributed by atoms with Gasteiger partial charge in [0.1, 0.15) is 12.6 Å². The van der Waals surface area contributed by atoms with Gasteiger partial charge in [0, 0.05) is 29.1 Å². The van der Waals surface area contributed by atoms with E-state index in [1.807, 2.05) is 57.2 Å². The first-order valence-corrected chi connectivity index (χ1v) is 16.9. The van der Waals surface area contributed by atoms with Crippen LogP contribution in [0.4, 0.5) is 5.69 Å². The lowest BCUT2D eigenvalue weighted by molar-refractivity contribution is -0.140. The SMILES string of the molecule is CC[C@H](C)NC(=O)[C@H](Cc1ccccc1)N(Cc1cccc(Cl)c1)C(=O)CN(c1ccc(C)c(Cl)c1)S(=O)(=O)c1ccccc1. The lowest BCUT2D eigenvalue weighted by Gasteiger charge is -2.34. The fourth-order valence-corrected chi connectivity index (χ4v) is 6.63. The van der Waals surface area contributed by atoms with Gasteiger partial charge in [-0.3, -0.25) is 13.9 Å². The molecule has 2 atom stereocenters. The van der Waals surface area contributed by atoms with Crippen molar-refractivity contribution in [1.29, 1.82) is 0 Å². The quantitative estimate of drug-likeness (QED) is 0.166. The van der Waals surface area contributed by atoms with E-state index in [1.165, 1.54) is 23.1 Å². The summed E-state index contributed by atoms with van der Waals surface area (Å²) in [5, 5.41) is 3.87. The zero-order valence-electron chi connectivity index (χ0n) is 25.5. The highest BCUT2D eigenvalue weighted by atomic mass is 35.5. The molecule has 10 heteroatoms. The maximum atomic E-state index is 14.5. The number of hydrogen-bond donors (Lipinski definition) is 1. The van der Waals surface area contributed by atoms with Crippen LogP contribution in [0.2, 0.25) is 10.0 Å². The minimum atomic E-state index is -4.21. The van der Waals surface area contributed by atoms with Gasteiger partial charge in [0.05, 0.1) is 10.6 Å². The number of amides is 2. The lowest BCUT2D eigenvalue weighted by atomic mass is 10.0. The van der Waals surface area contributed by atoms with Crippen molar-refractivity contribution in [2.45, 2.75) is 57.1 Å². The van der Waals surface area contributed by atoms with E-state index in [2.05, 4.69) is 5.32 Å². The molecule has 4 aromatic carbocycles. The Morgan fingerprint density at radius 3 is 2.11 bits per heavy atom. The molecular formula is C35H37Cl2N3O4S. The Balaban J connectivity index is 1.82. The number of aryl methyl sites for hydroxylation is 1. The first-order chi connectivity index (χ1) is 21.5. The van der Waals surface area contributed by atoms with Crippen molar-refractivity contribution in [3.05, 3.63) is 130 Å². The van der Waals surface area contributed by atoms with Gasteiger partial charge in [-0.15, -0.1) is 0 Å². The van der Waals surface area contributed by atoms with Gasteiger partial charge in [-0.2, -0.15) is 0 Å². The Morgan fingerprint density at radius 2 is 1.49 bits per heavy atom. The minimum absolute atomic E-state index is 0.0197. The Kier molecular flexibility index (Phi) is 11.7. The van der Waals surface area contributed by atoms with Gasteiger partial charge in [-0.05, 0) is 73.4 Å². The van der Waals surface area contributed by atoms with Crippen LogP contribution in [0.25, 0.3) is 0 Å². The summed E-state index contributed by atoms with van der Waals surface area (Å²) in [4.78, 5) is 29.9. The summed E-state index contributed by atoms with van der Waals surface area (Å²) in [6, 6.07) is 28.1. The summed E-state index contributed by atoms with van der Waals surface area (Å²) >= 11 is 12.7. The Labute approximate surface area is 275 Å². The van der Waals surface area contributed by atoms with Crippen molar-refractivity contribution in [2.75, 3.05) is 10.8 Å². The molecule has 4 aromatic rings. The second kappa shape index (κ2) is 15.4. The average molecular weight is 667 g/mol. The van der Waals surface area contributed by atoms with Gasteiger partial charge >= 0.3 is 0 Å². The predicted octanol–water partition coefficient (Wildman–Crippen LogP) is 7.05. The van der Waals surface area contributed by atoms with Crippen LogP contribution in [0, 0.1) is 6.92 Å². The molecule has 0 heterocycles. The molecule has 0 saturated heterocycles. The summed E-state index contributed by atoms with van der Waals surface area (Å²) in [5.41, 5.74) is 2.54. The summed E-state index contributed by atoms with van der Waals surface area (Å²) < 4.78 is 29.2. The smallest absolute Gasteiger partial charge is 0.264 e. The van der Waals surface area contributed by atoms with Crippen molar-refractivity contribution < 1.29 is 18.0 Å². The van der Waals surface area contributed by atoms with E-state index in [9.17, 15) is 18.0 Å². The van der Waals surface area contributed by atoms with Crippen molar-refractivity contribution >= 4 is 50.7 Å². The minimum Gasteiger partial charge on any atom is -0.352 e. The fraction of sp³-hybridized carbons (Fsp3) is 0.257. The monoisotopic (exact) mass is 665 g/mol. The maximum Gasteiger partial charge on any atom is 0.264 e. The second-order valence-corrected chi connectivity index (χ2v) is 13.6. The molecule has 0 aliphatic carbocycles. The molecular weight excluding hydrogens is 629 g/mol. The molecule has 45 heavy (non-hydrogen) atoms. The van der Waals surface area contributed by atoms with Gasteiger partial charge in [-0.1, -0.05) is 96.9 Å². The number of carbonyl (C=O) groups excluding carboxylic acids is 2. The van der Waals surface area contributed by atoms with Crippen LogP contribution in [0.5, 0.6) is 0 Å². The molecule has 0 fully saturated rings. The number of anilines is 1. The predicted molar refractivity (Wildman–Crippen MR) is 181 cm³/mol. The van der Waals surface area contributed by atoms with Crippen LogP contribution in [-0.2, 0) is 32.6 Å². The van der Waals surface area contributed by atoms with E-state index in [1.54, 1.807) is 48.5 Å². The largest absolute Gasteiger partial charge is 0.352 e. The molecule has 0 aliphatic heterocycles. The van der Waals surface area contributed by atoms with E-state index in [-0.39, 0.29) is 35.5 Å². The summed E-state index contributed by atoms with van der Waals surface area (Å²) in [6.45, 7) is 5.13. The highest BCUT2D eigenvalue weighted by Crippen LogP contribution is 2.29. The van der Waals surface area contributed by atoms with Gasteiger partial charge < -0.3 is 10.2 Å². The molecule has 0 spiro atoms. The lowest BCUT2D eigenvalue weighted by Crippen LogP contribution is -2.54. The maximum absolute atomic E-state index is 14.5. The Morgan fingerprint density at radius 1 is 0.844 bits per heavy atom. The number of nitrogens with one attached hydrogen (secondary N) is 1. The van der Waals surface area contributed by atoms with Crippen LogP contribution >= 0.6 is 23.2 Å². The third-order valence-corrected chi connectivity index (χ3v) is 10.00. The topological polar surface area (TPSA) is 86.8 Å². The molecule has 236 valence electrons. The van der Waals surface area contributed by atoms with Crippen LogP contribution < -0.4 is 9.62 Å². The Bertz CT molecular complexity index is 1720. The van der Waals surface area contributed by atoms with Crippen molar-refractivity contribution in [1.82, 2.24) is 10.2 Å². The molecule has 0 radical (unpaired) electrons.